The smallest absolute Gasteiger partial charge is 0.144 e. The van der Waals surface area contributed by atoms with E-state index < -0.39 is 0 Å². The Morgan fingerprint density at radius 1 is 0.244 bits per heavy atom. The SMILES string of the molecule is c1ccc(-c2oc3c(-c4ccccc4)c(-c4ccccc4)c(-c4ccccc4)c(-c4ccccc4)c3c2-c2ccccc2)cc1. The van der Waals surface area contributed by atoms with Crippen molar-refractivity contribution in [3.8, 4) is 67.0 Å². The van der Waals surface area contributed by atoms with E-state index in [1.165, 1.54) is 11.1 Å². The zero-order chi connectivity index (χ0) is 30.0. The Morgan fingerprint density at radius 3 is 0.933 bits per heavy atom. The average molecular weight is 575 g/mol. The van der Waals surface area contributed by atoms with Crippen LogP contribution in [0.1, 0.15) is 0 Å². The third-order valence-corrected chi connectivity index (χ3v) is 8.48. The normalized spacial score (nSPS) is 11.1. The molecule has 0 fully saturated rings. The Balaban J connectivity index is 1.69. The lowest BCUT2D eigenvalue weighted by Crippen LogP contribution is -1.97. The molecule has 0 unspecified atom stereocenters. The largest absolute Gasteiger partial charge is 0.455 e. The first-order valence-electron chi connectivity index (χ1n) is 15.4. The second kappa shape index (κ2) is 11.6. The second-order valence-corrected chi connectivity index (χ2v) is 11.2. The molecule has 0 N–H and O–H groups in total. The number of hydrogen-bond acceptors (Lipinski definition) is 1. The minimum atomic E-state index is 0.871. The molecular weight excluding hydrogens is 544 g/mol. The quantitative estimate of drug-likeness (QED) is 0.192. The molecule has 0 amide bonds. The Morgan fingerprint density at radius 2 is 0.533 bits per heavy atom. The van der Waals surface area contributed by atoms with Crippen molar-refractivity contribution in [3.63, 3.8) is 0 Å². The Bertz CT molecular complexity index is 2200. The summed E-state index contributed by atoms with van der Waals surface area (Å²) in [5.41, 5.74) is 13.3. The highest BCUT2D eigenvalue weighted by molar-refractivity contribution is 6.22. The first-order chi connectivity index (χ1) is 22.4. The minimum Gasteiger partial charge on any atom is -0.455 e. The predicted molar refractivity (Wildman–Crippen MR) is 189 cm³/mol. The third kappa shape index (κ3) is 4.76. The predicted octanol–water partition coefficient (Wildman–Crippen LogP) is 12.4. The molecule has 8 aromatic rings. The Labute approximate surface area is 263 Å². The Kier molecular flexibility index (Phi) is 6.90. The van der Waals surface area contributed by atoms with Gasteiger partial charge in [0.25, 0.3) is 0 Å². The van der Waals surface area contributed by atoms with Crippen LogP contribution in [0.3, 0.4) is 0 Å². The van der Waals surface area contributed by atoms with Crippen LogP contribution in [0.4, 0.5) is 0 Å². The van der Waals surface area contributed by atoms with Crippen LogP contribution in [0.2, 0.25) is 0 Å². The van der Waals surface area contributed by atoms with Crippen LogP contribution < -0.4 is 0 Å². The lowest BCUT2D eigenvalue weighted by Gasteiger charge is -2.22. The maximum Gasteiger partial charge on any atom is 0.144 e. The van der Waals surface area contributed by atoms with Gasteiger partial charge in [0.15, 0.2) is 0 Å². The van der Waals surface area contributed by atoms with Crippen LogP contribution >= 0.6 is 0 Å². The van der Waals surface area contributed by atoms with E-state index in [0.29, 0.717) is 0 Å². The molecule has 1 aromatic heterocycles. The molecule has 1 heterocycles. The van der Waals surface area contributed by atoms with E-state index in [2.05, 4.69) is 182 Å². The molecule has 1 nitrogen and oxygen atoms in total. The van der Waals surface area contributed by atoms with Gasteiger partial charge in [0.05, 0.1) is 0 Å². The van der Waals surface area contributed by atoms with Gasteiger partial charge in [0.1, 0.15) is 11.3 Å². The minimum absolute atomic E-state index is 0.871. The fraction of sp³-hybridized carbons (Fsp3) is 0. The van der Waals surface area contributed by atoms with Crippen molar-refractivity contribution >= 4 is 11.0 Å². The molecule has 0 bridgehead atoms. The van der Waals surface area contributed by atoms with Crippen molar-refractivity contribution in [1.82, 2.24) is 0 Å². The molecule has 0 atom stereocenters. The fourth-order valence-electron chi connectivity index (χ4n) is 6.57. The molecule has 212 valence electrons. The first kappa shape index (κ1) is 26.7. The third-order valence-electron chi connectivity index (χ3n) is 8.48. The van der Waals surface area contributed by atoms with Crippen molar-refractivity contribution in [3.05, 3.63) is 182 Å². The number of hydrogen-bond donors (Lipinski definition) is 0. The summed E-state index contributed by atoms with van der Waals surface area (Å²) in [5, 5.41) is 1.11. The van der Waals surface area contributed by atoms with E-state index in [9.17, 15) is 0 Å². The summed E-state index contributed by atoms with van der Waals surface area (Å²) in [6.07, 6.45) is 0. The van der Waals surface area contributed by atoms with Gasteiger partial charge in [-0.25, -0.2) is 0 Å². The molecule has 0 saturated heterocycles. The van der Waals surface area contributed by atoms with E-state index >= 15 is 0 Å². The van der Waals surface area contributed by atoms with E-state index in [4.69, 9.17) is 4.42 Å². The summed E-state index contributed by atoms with van der Waals surface area (Å²) in [6.45, 7) is 0. The van der Waals surface area contributed by atoms with Gasteiger partial charge < -0.3 is 4.42 Å². The van der Waals surface area contributed by atoms with Crippen molar-refractivity contribution in [2.24, 2.45) is 0 Å². The first-order valence-corrected chi connectivity index (χ1v) is 15.4. The maximum atomic E-state index is 7.24. The molecule has 45 heavy (non-hydrogen) atoms. The summed E-state index contributed by atoms with van der Waals surface area (Å²) in [7, 11) is 0. The van der Waals surface area contributed by atoms with Gasteiger partial charge in [-0.15, -0.1) is 0 Å². The lowest BCUT2D eigenvalue weighted by molar-refractivity contribution is 0.633. The second-order valence-electron chi connectivity index (χ2n) is 11.2. The zero-order valence-electron chi connectivity index (χ0n) is 24.7. The van der Waals surface area contributed by atoms with E-state index in [1.54, 1.807) is 0 Å². The number of fused-ring (bicyclic) bond motifs is 1. The van der Waals surface area contributed by atoms with Crippen molar-refractivity contribution in [2.75, 3.05) is 0 Å². The summed E-state index contributed by atoms with van der Waals surface area (Å²) in [5.74, 6) is 0.871. The van der Waals surface area contributed by atoms with Crippen molar-refractivity contribution in [1.29, 1.82) is 0 Å². The van der Waals surface area contributed by atoms with Crippen LogP contribution in [-0.4, -0.2) is 0 Å². The summed E-state index contributed by atoms with van der Waals surface area (Å²) < 4.78 is 7.24. The van der Waals surface area contributed by atoms with Crippen LogP contribution in [-0.2, 0) is 0 Å². The van der Waals surface area contributed by atoms with Crippen molar-refractivity contribution < 1.29 is 4.42 Å². The van der Waals surface area contributed by atoms with Gasteiger partial charge in [-0.1, -0.05) is 182 Å². The fourth-order valence-corrected chi connectivity index (χ4v) is 6.57. The average Bonchev–Trinajstić information content (AvgIpc) is 3.53. The lowest BCUT2D eigenvalue weighted by atomic mass is 9.79. The summed E-state index contributed by atoms with van der Waals surface area (Å²) >= 11 is 0. The maximum absolute atomic E-state index is 7.24. The molecule has 0 aliphatic heterocycles. The van der Waals surface area contributed by atoms with Gasteiger partial charge in [0, 0.05) is 33.2 Å². The van der Waals surface area contributed by atoms with Crippen LogP contribution in [0, 0.1) is 0 Å². The number of furan rings is 1. The van der Waals surface area contributed by atoms with Crippen molar-refractivity contribution in [2.45, 2.75) is 0 Å². The summed E-state index contributed by atoms with van der Waals surface area (Å²) in [4.78, 5) is 0. The van der Waals surface area contributed by atoms with Gasteiger partial charge in [-0.2, -0.15) is 0 Å². The molecule has 0 aliphatic rings. The highest BCUT2D eigenvalue weighted by atomic mass is 16.3. The molecule has 0 saturated carbocycles. The number of rotatable bonds is 6. The number of benzene rings is 7. The zero-order valence-corrected chi connectivity index (χ0v) is 24.7. The molecule has 1 heteroatoms. The molecule has 8 rings (SSSR count). The van der Waals surface area contributed by atoms with Crippen LogP contribution in [0.5, 0.6) is 0 Å². The monoisotopic (exact) mass is 574 g/mol. The van der Waals surface area contributed by atoms with Gasteiger partial charge in [-0.3, -0.25) is 0 Å². The Hall–Kier alpha value is -5.92. The molecule has 0 radical (unpaired) electrons. The summed E-state index contributed by atoms with van der Waals surface area (Å²) in [6, 6.07) is 64.3. The van der Waals surface area contributed by atoms with Crippen LogP contribution in [0.15, 0.2) is 186 Å². The van der Waals surface area contributed by atoms with Gasteiger partial charge in [0.2, 0.25) is 0 Å². The van der Waals surface area contributed by atoms with Gasteiger partial charge >= 0.3 is 0 Å². The van der Waals surface area contributed by atoms with E-state index in [1.807, 2.05) is 0 Å². The molecule has 0 aliphatic carbocycles. The highest BCUT2D eigenvalue weighted by Crippen LogP contribution is 2.55. The topological polar surface area (TPSA) is 13.1 Å². The highest BCUT2D eigenvalue weighted by Gasteiger charge is 2.30. The van der Waals surface area contributed by atoms with Gasteiger partial charge in [-0.05, 0) is 33.4 Å². The molecule has 7 aromatic carbocycles. The van der Waals surface area contributed by atoms with E-state index in [0.717, 1.165) is 66.8 Å². The molecule has 0 spiro atoms. The standard InChI is InChI=1S/C44H30O/c1-7-19-31(20-8-1)37-38(32-21-9-2-10-22-32)40(34-25-13-4-14-26-34)44-42(39(37)33-23-11-3-12-24-33)41(35-27-15-5-16-28-35)43(45-44)36-29-17-6-18-30-36/h1-30H. The van der Waals surface area contributed by atoms with E-state index in [-0.39, 0.29) is 0 Å². The van der Waals surface area contributed by atoms with Crippen LogP contribution in [0.25, 0.3) is 77.9 Å². The molecular formula is C44H30O.